The second-order valence-electron chi connectivity index (χ2n) is 5.05. The normalized spacial score (nSPS) is 10.9. The molecule has 0 aromatic carbocycles. The number of nitrogens with zero attached hydrogens (tertiary/aromatic N) is 7. The number of aromatic nitrogens is 6. The molecule has 3 heterocycles. The zero-order valence-corrected chi connectivity index (χ0v) is 12.9. The van der Waals surface area contributed by atoms with Crippen molar-refractivity contribution in [3.63, 3.8) is 0 Å². The van der Waals surface area contributed by atoms with Gasteiger partial charge in [-0.05, 0) is 12.5 Å². The highest BCUT2D eigenvalue weighted by Gasteiger charge is 2.07. The van der Waals surface area contributed by atoms with E-state index in [1.54, 1.807) is 10.7 Å². The summed E-state index contributed by atoms with van der Waals surface area (Å²) in [5.74, 6) is 2.14. The predicted molar refractivity (Wildman–Crippen MR) is 83.8 cm³/mol. The van der Waals surface area contributed by atoms with Gasteiger partial charge in [0.1, 0.15) is 12.1 Å². The Kier molecular flexibility index (Phi) is 3.82. The molecule has 0 saturated carbocycles. The first-order chi connectivity index (χ1) is 10.7. The van der Waals surface area contributed by atoms with E-state index >= 15 is 0 Å². The van der Waals surface area contributed by atoms with Crippen molar-refractivity contribution in [1.82, 2.24) is 29.5 Å². The van der Waals surface area contributed by atoms with Crippen molar-refractivity contribution in [2.75, 3.05) is 24.3 Å². The number of aryl methyl sites for hydroxylation is 1. The van der Waals surface area contributed by atoms with Crippen molar-refractivity contribution >= 4 is 17.5 Å². The molecule has 8 nitrogen and oxygen atoms in total. The van der Waals surface area contributed by atoms with Gasteiger partial charge < -0.3 is 10.2 Å². The summed E-state index contributed by atoms with van der Waals surface area (Å²) < 4.78 is 1.69. The highest BCUT2D eigenvalue weighted by atomic mass is 15.4. The van der Waals surface area contributed by atoms with Crippen molar-refractivity contribution in [2.24, 2.45) is 0 Å². The quantitative estimate of drug-likeness (QED) is 0.756. The number of nitrogens with one attached hydrogen (secondary N) is 1. The molecule has 0 saturated heterocycles. The fourth-order valence-electron chi connectivity index (χ4n) is 2.05. The maximum absolute atomic E-state index is 4.49. The van der Waals surface area contributed by atoms with Gasteiger partial charge in [-0.25, -0.2) is 15.0 Å². The van der Waals surface area contributed by atoms with E-state index in [-0.39, 0.29) is 0 Å². The van der Waals surface area contributed by atoms with Crippen LogP contribution in [0.5, 0.6) is 0 Å². The van der Waals surface area contributed by atoms with Crippen LogP contribution in [0.25, 0.3) is 5.78 Å². The van der Waals surface area contributed by atoms with Crippen LogP contribution in [0.4, 0.5) is 11.8 Å². The first-order valence-electron chi connectivity index (χ1n) is 7.10. The minimum absolute atomic E-state index is 0.575. The molecule has 0 aliphatic heterocycles. The minimum Gasteiger partial charge on any atom is -0.364 e. The standard InChI is InChI=1S/C14H18N8/c1-4-10-7-12(22-14(19-10)17-9-18-22)16-8-11-5-6-15-13(20-11)21(2)3/h5-7,9,16H,4,8H2,1-3H3. The molecule has 3 rings (SSSR count). The van der Waals surface area contributed by atoms with Crippen LogP contribution in [-0.4, -0.2) is 43.6 Å². The molecule has 114 valence electrons. The maximum atomic E-state index is 4.49. The summed E-state index contributed by atoms with van der Waals surface area (Å²) >= 11 is 0. The molecule has 0 spiro atoms. The molecule has 1 N–H and O–H groups in total. The molecule has 3 aromatic rings. The van der Waals surface area contributed by atoms with Crippen molar-refractivity contribution in [3.05, 3.63) is 36.0 Å². The summed E-state index contributed by atoms with van der Waals surface area (Å²) in [5.41, 5.74) is 1.88. The predicted octanol–water partition coefficient (Wildman–Crippen LogP) is 1.15. The summed E-state index contributed by atoms with van der Waals surface area (Å²) in [4.78, 5) is 19.1. The molecule has 0 radical (unpaired) electrons. The molecule has 0 aliphatic carbocycles. The molecule has 0 bridgehead atoms. The van der Waals surface area contributed by atoms with Crippen LogP contribution in [0.2, 0.25) is 0 Å². The van der Waals surface area contributed by atoms with E-state index in [0.717, 1.165) is 23.6 Å². The van der Waals surface area contributed by atoms with Gasteiger partial charge >= 0.3 is 0 Å². The maximum Gasteiger partial charge on any atom is 0.254 e. The lowest BCUT2D eigenvalue weighted by Crippen LogP contribution is -2.14. The lowest BCUT2D eigenvalue weighted by Gasteiger charge is -2.12. The fourth-order valence-corrected chi connectivity index (χ4v) is 2.05. The molecular formula is C14H18N8. The third-order valence-corrected chi connectivity index (χ3v) is 3.22. The van der Waals surface area contributed by atoms with Gasteiger partial charge in [0.05, 0.1) is 12.2 Å². The minimum atomic E-state index is 0.575. The number of rotatable bonds is 5. The van der Waals surface area contributed by atoms with Gasteiger partial charge in [-0.3, -0.25) is 0 Å². The first kappa shape index (κ1) is 14.2. The van der Waals surface area contributed by atoms with Crippen molar-refractivity contribution in [1.29, 1.82) is 0 Å². The van der Waals surface area contributed by atoms with E-state index in [9.17, 15) is 0 Å². The Morgan fingerprint density at radius 1 is 1.18 bits per heavy atom. The van der Waals surface area contributed by atoms with Gasteiger partial charge in [-0.2, -0.15) is 14.6 Å². The van der Waals surface area contributed by atoms with Gasteiger partial charge in [0.15, 0.2) is 0 Å². The Hall–Kier alpha value is -2.77. The van der Waals surface area contributed by atoms with Crippen molar-refractivity contribution in [2.45, 2.75) is 19.9 Å². The van der Waals surface area contributed by atoms with Crippen molar-refractivity contribution in [3.8, 4) is 0 Å². The summed E-state index contributed by atoms with van der Waals surface area (Å²) in [6, 6.07) is 3.87. The molecule has 0 aliphatic rings. The molecule has 0 amide bonds. The van der Waals surface area contributed by atoms with E-state index in [2.05, 4.69) is 37.3 Å². The highest BCUT2D eigenvalue weighted by Crippen LogP contribution is 2.13. The summed E-state index contributed by atoms with van der Waals surface area (Å²) in [6.45, 7) is 2.64. The number of hydrogen-bond donors (Lipinski definition) is 1. The molecule has 3 aromatic heterocycles. The SMILES string of the molecule is CCc1cc(NCc2ccnc(N(C)C)n2)n2ncnc2n1. The molecule has 8 heteroatoms. The van der Waals surface area contributed by atoms with Gasteiger partial charge in [-0.1, -0.05) is 6.92 Å². The monoisotopic (exact) mass is 298 g/mol. The summed E-state index contributed by atoms with van der Waals surface area (Å²) in [7, 11) is 3.84. The summed E-state index contributed by atoms with van der Waals surface area (Å²) in [5, 5.41) is 7.53. The first-order valence-corrected chi connectivity index (χ1v) is 7.10. The number of fused-ring (bicyclic) bond motifs is 1. The van der Waals surface area contributed by atoms with E-state index in [1.807, 2.05) is 31.1 Å². The number of anilines is 2. The van der Waals surface area contributed by atoms with Crippen LogP contribution in [0.1, 0.15) is 18.3 Å². The van der Waals surface area contributed by atoms with Gasteiger partial charge in [0.2, 0.25) is 5.95 Å². The lowest BCUT2D eigenvalue weighted by atomic mass is 10.3. The zero-order chi connectivity index (χ0) is 15.5. The third kappa shape index (κ3) is 2.80. The Balaban J connectivity index is 1.84. The molecule has 0 fully saturated rings. The Labute approximate surface area is 128 Å². The zero-order valence-electron chi connectivity index (χ0n) is 12.9. The van der Waals surface area contributed by atoms with E-state index in [1.165, 1.54) is 6.33 Å². The van der Waals surface area contributed by atoms with E-state index < -0.39 is 0 Å². The Morgan fingerprint density at radius 2 is 2.05 bits per heavy atom. The molecule has 0 unspecified atom stereocenters. The smallest absolute Gasteiger partial charge is 0.254 e. The fraction of sp³-hybridized carbons (Fsp3) is 0.357. The van der Waals surface area contributed by atoms with Gasteiger partial charge in [0.25, 0.3) is 5.78 Å². The molecule has 22 heavy (non-hydrogen) atoms. The van der Waals surface area contributed by atoms with Crippen LogP contribution in [0.15, 0.2) is 24.7 Å². The second-order valence-corrected chi connectivity index (χ2v) is 5.05. The van der Waals surface area contributed by atoms with Crippen LogP contribution in [0.3, 0.4) is 0 Å². The van der Waals surface area contributed by atoms with Crippen LogP contribution in [0, 0.1) is 0 Å². The Bertz CT molecular complexity index is 779. The average Bonchev–Trinajstić information content (AvgIpc) is 3.01. The Morgan fingerprint density at radius 3 is 2.82 bits per heavy atom. The number of hydrogen-bond acceptors (Lipinski definition) is 7. The van der Waals surface area contributed by atoms with Crippen molar-refractivity contribution < 1.29 is 0 Å². The van der Waals surface area contributed by atoms with E-state index in [4.69, 9.17) is 0 Å². The van der Waals surface area contributed by atoms with E-state index in [0.29, 0.717) is 18.3 Å². The van der Waals surface area contributed by atoms with Gasteiger partial charge in [-0.15, -0.1) is 0 Å². The summed E-state index contributed by atoms with van der Waals surface area (Å²) in [6.07, 6.45) is 4.10. The largest absolute Gasteiger partial charge is 0.364 e. The van der Waals surface area contributed by atoms with Crippen LogP contribution in [-0.2, 0) is 13.0 Å². The highest BCUT2D eigenvalue weighted by molar-refractivity contribution is 5.45. The molecule has 0 atom stereocenters. The van der Waals surface area contributed by atoms with Crippen LogP contribution < -0.4 is 10.2 Å². The topological polar surface area (TPSA) is 84.1 Å². The average molecular weight is 298 g/mol. The second kappa shape index (κ2) is 5.92. The molecular weight excluding hydrogens is 280 g/mol. The lowest BCUT2D eigenvalue weighted by molar-refractivity contribution is 0.888. The van der Waals surface area contributed by atoms with Gasteiger partial charge in [0, 0.05) is 32.1 Å². The van der Waals surface area contributed by atoms with Crippen LogP contribution >= 0.6 is 0 Å². The third-order valence-electron chi connectivity index (χ3n) is 3.22.